The minimum Gasteiger partial charge on any atom is -0.456 e. The highest BCUT2D eigenvalue weighted by Gasteiger charge is 2.34. The van der Waals surface area contributed by atoms with E-state index in [1.807, 2.05) is 24.0 Å². The van der Waals surface area contributed by atoms with Gasteiger partial charge in [0.05, 0.1) is 50.6 Å². The Morgan fingerprint density at radius 2 is 1.61 bits per heavy atom. The lowest BCUT2D eigenvalue weighted by molar-refractivity contribution is 0.669. The molecule has 2 atom stereocenters. The second-order valence-corrected chi connectivity index (χ2v) is 13.1. The lowest BCUT2D eigenvalue weighted by Crippen LogP contribution is -2.17. The molecule has 44 heavy (non-hydrogen) atoms. The van der Waals surface area contributed by atoms with Crippen molar-refractivity contribution in [3.8, 4) is 0 Å². The van der Waals surface area contributed by atoms with Gasteiger partial charge in [0.1, 0.15) is 11.2 Å². The molecule has 5 nitrogen and oxygen atoms in total. The van der Waals surface area contributed by atoms with Gasteiger partial charge in [-0.1, -0.05) is 48.6 Å². The summed E-state index contributed by atoms with van der Waals surface area (Å²) in [6.07, 6.45) is 14.9. The molecular weight excluding hydrogens is 561 g/mol. The summed E-state index contributed by atoms with van der Waals surface area (Å²) in [7, 11) is 0. The van der Waals surface area contributed by atoms with Gasteiger partial charge in [-0.05, 0) is 71.3 Å². The van der Waals surface area contributed by atoms with Crippen LogP contribution < -0.4 is 10.6 Å². The molecule has 7 heterocycles. The van der Waals surface area contributed by atoms with Crippen LogP contribution in [0.2, 0.25) is 0 Å². The molecule has 2 N–H and O–H groups in total. The fourth-order valence-electron chi connectivity index (χ4n) is 8.06. The Morgan fingerprint density at radius 1 is 0.795 bits per heavy atom. The first kappa shape index (κ1) is 23.4. The van der Waals surface area contributed by atoms with Gasteiger partial charge in [0.15, 0.2) is 0 Å². The van der Waals surface area contributed by atoms with Crippen molar-refractivity contribution in [1.82, 2.24) is 19.8 Å². The van der Waals surface area contributed by atoms with Gasteiger partial charge in [-0.2, -0.15) is 0 Å². The van der Waals surface area contributed by atoms with E-state index in [1.165, 1.54) is 76.9 Å². The standard InChI is InChI=1S/C38H26N4OS/c1-3-15-39-27(5-1)21-7-9-23-25-11-13-33-35-36-34(43-33)14-12-26-24-10-8-22(28-6-2-4-16-40-28)18-30(24)42(38(26)36)32-20-44-19-31(32)41(37(25)35)29(23)17-21/h1-15,17-19,27,32,39-40H,16,20H2. The minimum absolute atomic E-state index is 0.150. The van der Waals surface area contributed by atoms with Crippen molar-refractivity contribution in [2.24, 2.45) is 0 Å². The van der Waals surface area contributed by atoms with Crippen LogP contribution in [0.5, 0.6) is 0 Å². The van der Waals surface area contributed by atoms with E-state index in [2.05, 4.69) is 116 Å². The molecular formula is C38H26N4OS. The normalized spacial score (nSPS) is 20.4. The maximum atomic E-state index is 6.65. The summed E-state index contributed by atoms with van der Waals surface area (Å²) in [4.78, 5) is 0. The molecule has 0 amide bonds. The number of nitrogens with zero attached hydrogens (tertiary/aromatic N) is 2. The highest BCUT2D eigenvalue weighted by molar-refractivity contribution is 8.02. The van der Waals surface area contributed by atoms with Crippen molar-refractivity contribution in [3.63, 3.8) is 0 Å². The number of fused-ring (bicyclic) bond motifs is 9. The molecule has 0 bridgehead atoms. The van der Waals surface area contributed by atoms with Crippen molar-refractivity contribution in [2.75, 3.05) is 12.3 Å². The summed E-state index contributed by atoms with van der Waals surface area (Å²) in [5, 5.41) is 17.1. The Hall–Kier alpha value is -5.07. The Bertz CT molecular complexity index is 2600. The fraction of sp³-hybridized carbons (Fsp3) is 0.105. The molecule has 0 saturated carbocycles. The molecule has 6 heteroatoms. The van der Waals surface area contributed by atoms with E-state index >= 15 is 0 Å². The maximum absolute atomic E-state index is 6.65. The van der Waals surface area contributed by atoms with Crippen molar-refractivity contribution >= 4 is 88.7 Å². The lowest BCUT2D eigenvalue weighted by atomic mass is 10.0. The largest absolute Gasteiger partial charge is 0.456 e. The third kappa shape index (κ3) is 2.87. The van der Waals surface area contributed by atoms with E-state index in [-0.39, 0.29) is 12.1 Å². The van der Waals surface area contributed by atoms with Crippen LogP contribution >= 0.6 is 11.8 Å². The Labute approximate surface area is 256 Å². The number of benzene rings is 4. The van der Waals surface area contributed by atoms with Gasteiger partial charge >= 0.3 is 0 Å². The van der Waals surface area contributed by atoms with Crippen LogP contribution in [-0.2, 0) is 0 Å². The molecule has 2 unspecified atom stereocenters. The van der Waals surface area contributed by atoms with Gasteiger partial charge < -0.3 is 24.2 Å². The van der Waals surface area contributed by atoms with Crippen LogP contribution in [0.1, 0.15) is 23.2 Å². The minimum atomic E-state index is 0.150. The monoisotopic (exact) mass is 586 g/mol. The molecule has 4 aromatic carbocycles. The number of furan rings is 1. The van der Waals surface area contributed by atoms with Gasteiger partial charge in [-0.15, -0.1) is 11.8 Å². The zero-order valence-electron chi connectivity index (χ0n) is 23.7. The number of hydrogen-bond acceptors (Lipinski definition) is 4. The Balaban J connectivity index is 1.31. The van der Waals surface area contributed by atoms with Gasteiger partial charge in [0, 0.05) is 39.5 Å². The first-order chi connectivity index (χ1) is 21.8. The van der Waals surface area contributed by atoms with Gasteiger partial charge in [0.2, 0.25) is 0 Å². The summed E-state index contributed by atoms with van der Waals surface area (Å²) < 4.78 is 11.8. The molecule has 4 aliphatic heterocycles. The van der Waals surface area contributed by atoms with E-state index in [9.17, 15) is 0 Å². The van der Waals surface area contributed by atoms with Crippen molar-refractivity contribution in [1.29, 1.82) is 0 Å². The lowest BCUT2D eigenvalue weighted by Gasteiger charge is -2.24. The van der Waals surface area contributed by atoms with Crippen LogP contribution in [0.25, 0.3) is 76.9 Å². The molecule has 210 valence electrons. The third-order valence-electron chi connectivity index (χ3n) is 9.95. The number of nitrogens with one attached hydrogen (secondary N) is 2. The number of aromatic nitrogens is 2. The average Bonchev–Trinajstić information content (AvgIpc) is 3.84. The van der Waals surface area contributed by atoms with Gasteiger partial charge in [-0.3, -0.25) is 0 Å². The quantitative estimate of drug-likeness (QED) is 0.212. The van der Waals surface area contributed by atoms with Crippen LogP contribution in [0.15, 0.2) is 113 Å². The second-order valence-electron chi connectivity index (χ2n) is 12.2. The fourth-order valence-corrected chi connectivity index (χ4v) is 9.09. The zero-order valence-corrected chi connectivity index (χ0v) is 24.5. The molecule has 0 radical (unpaired) electrons. The third-order valence-corrected chi connectivity index (χ3v) is 10.9. The smallest absolute Gasteiger partial charge is 0.137 e. The van der Waals surface area contributed by atoms with Gasteiger partial charge in [0.25, 0.3) is 0 Å². The van der Waals surface area contributed by atoms with Crippen molar-refractivity contribution in [3.05, 3.63) is 120 Å². The number of thioether (sulfide) groups is 1. The molecule has 11 rings (SSSR count). The summed E-state index contributed by atoms with van der Waals surface area (Å²) in [6.45, 7) is 0.852. The molecule has 0 saturated heterocycles. The summed E-state index contributed by atoms with van der Waals surface area (Å²) in [6, 6.07) is 23.2. The summed E-state index contributed by atoms with van der Waals surface area (Å²) in [5.41, 5.74) is 11.9. The second kappa shape index (κ2) is 8.30. The highest BCUT2D eigenvalue weighted by atomic mass is 32.2. The molecule has 0 aliphatic carbocycles. The number of rotatable bonds is 2. The van der Waals surface area contributed by atoms with E-state index < -0.39 is 0 Å². The Kier molecular flexibility index (Phi) is 4.41. The average molecular weight is 587 g/mol. The van der Waals surface area contributed by atoms with Crippen molar-refractivity contribution in [2.45, 2.75) is 12.1 Å². The zero-order chi connectivity index (χ0) is 28.5. The Morgan fingerprint density at radius 3 is 2.45 bits per heavy atom. The maximum Gasteiger partial charge on any atom is 0.137 e. The predicted octanol–water partition coefficient (Wildman–Crippen LogP) is 9.12. The number of hydrogen-bond donors (Lipinski definition) is 2. The van der Waals surface area contributed by atoms with E-state index in [4.69, 9.17) is 4.42 Å². The molecule has 0 spiro atoms. The van der Waals surface area contributed by atoms with E-state index in [0.717, 1.165) is 23.5 Å². The van der Waals surface area contributed by atoms with Crippen LogP contribution in [0, 0.1) is 0 Å². The summed E-state index contributed by atoms with van der Waals surface area (Å²) >= 11 is 1.92. The number of dihydropyridines is 2. The topological polar surface area (TPSA) is 47.1 Å². The van der Waals surface area contributed by atoms with E-state index in [1.54, 1.807) is 0 Å². The van der Waals surface area contributed by atoms with Crippen LogP contribution in [0.4, 0.5) is 0 Å². The molecule has 4 aliphatic rings. The molecule has 3 aromatic heterocycles. The first-order valence-electron chi connectivity index (χ1n) is 15.3. The van der Waals surface area contributed by atoms with Crippen LogP contribution in [-0.4, -0.2) is 21.4 Å². The molecule has 0 fully saturated rings. The van der Waals surface area contributed by atoms with E-state index in [0.29, 0.717) is 0 Å². The molecule has 7 aromatic rings. The summed E-state index contributed by atoms with van der Waals surface area (Å²) in [5.74, 6) is 0.986. The van der Waals surface area contributed by atoms with Crippen LogP contribution in [0.3, 0.4) is 0 Å². The first-order valence-corrected chi connectivity index (χ1v) is 16.3. The number of allylic oxidation sites excluding steroid dienone is 5. The SMILES string of the molecule is C1=CCNC(c2ccc3c4ccc5oc6ccc7c8ccc(C9C=CC=CN9)cc8n8c7c6c5c4n(c3c2)C2CSC=C28)=C1. The predicted molar refractivity (Wildman–Crippen MR) is 185 cm³/mol. The van der Waals surface area contributed by atoms with Gasteiger partial charge in [-0.25, -0.2) is 0 Å². The highest BCUT2D eigenvalue weighted by Crippen LogP contribution is 2.51. The van der Waals surface area contributed by atoms with Crippen molar-refractivity contribution < 1.29 is 4.42 Å².